The van der Waals surface area contributed by atoms with E-state index >= 15 is 0 Å². The minimum absolute atomic E-state index is 0.247. The third-order valence-electron chi connectivity index (χ3n) is 2.07. The molecule has 1 fully saturated rings. The maximum Gasteiger partial charge on any atom is 0.107 e. The lowest BCUT2D eigenvalue weighted by Gasteiger charge is -2.33. The SMILES string of the molecule is CN(C)CC1OCCC(O)C1O. The van der Waals surface area contributed by atoms with E-state index in [9.17, 15) is 10.2 Å². The first-order valence-corrected chi connectivity index (χ1v) is 4.23. The van der Waals surface area contributed by atoms with Crippen LogP contribution in [0.2, 0.25) is 0 Å². The number of rotatable bonds is 2. The Morgan fingerprint density at radius 1 is 1.42 bits per heavy atom. The molecule has 1 aliphatic rings. The van der Waals surface area contributed by atoms with Gasteiger partial charge in [-0.25, -0.2) is 0 Å². The molecule has 0 aromatic heterocycles. The zero-order valence-corrected chi connectivity index (χ0v) is 7.60. The summed E-state index contributed by atoms with van der Waals surface area (Å²) >= 11 is 0. The smallest absolute Gasteiger partial charge is 0.107 e. The van der Waals surface area contributed by atoms with Crippen LogP contribution in [0.5, 0.6) is 0 Å². The summed E-state index contributed by atoms with van der Waals surface area (Å²) in [4.78, 5) is 1.94. The topological polar surface area (TPSA) is 52.9 Å². The van der Waals surface area contributed by atoms with Crippen LogP contribution >= 0.6 is 0 Å². The molecule has 2 N–H and O–H groups in total. The molecule has 0 aromatic carbocycles. The Bertz CT molecular complexity index is 140. The van der Waals surface area contributed by atoms with Crippen molar-refractivity contribution in [2.45, 2.75) is 24.7 Å². The van der Waals surface area contributed by atoms with Gasteiger partial charge in [0.1, 0.15) is 6.10 Å². The van der Waals surface area contributed by atoms with Gasteiger partial charge in [0, 0.05) is 13.2 Å². The van der Waals surface area contributed by atoms with Crippen LogP contribution in [0.15, 0.2) is 0 Å². The van der Waals surface area contributed by atoms with Crippen LogP contribution in [0, 0.1) is 0 Å². The number of nitrogens with zero attached hydrogens (tertiary/aromatic N) is 1. The minimum atomic E-state index is -0.735. The van der Waals surface area contributed by atoms with Gasteiger partial charge in [-0.1, -0.05) is 0 Å². The predicted molar refractivity (Wildman–Crippen MR) is 44.9 cm³/mol. The van der Waals surface area contributed by atoms with E-state index in [0.717, 1.165) is 0 Å². The molecule has 3 unspecified atom stereocenters. The van der Waals surface area contributed by atoms with Gasteiger partial charge >= 0.3 is 0 Å². The highest BCUT2D eigenvalue weighted by Gasteiger charge is 2.31. The summed E-state index contributed by atoms with van der Waals surface area (Å²) in [5, 5.41) is 18.8. The fraction of sp³-hybridized carbons (Fsp3) is 1.00. The molecule has 0 bridgehead atoms. The van der Waals surface area contributed by atoms with Gasteiger partial charge in [-0.3, -0.25) is 0 Å². The molecule has 4 heteroatoms. The molecule has 1 saturated heterocycles. The van der Waals surface area contributed by atoms with Crippen molar-refractivity contribution in [1.29, 1.82) is 0 Å². The quantitative estimate of drug-likeness (QED) is 0.568. The van der Waals surface area contributed by atoms with Gasteiger partial charge in [0.15, 0.2) is 0 Å². The van der Waals surface area contributed by atoms with Crippen LogP contribution in [0.4, 0.5) is 0 Å². The molecule has 0 amide bonds. The lowest BCUT2D eigenvalue weighted by molar-refractivity contribution is -0.139. The molecule has 0 aromatic rings. The Hall–Kier alpha value is -0.160. The highest BCUT2D eigenvalue weighted by Crippen LogP contribution is 2.14. The fourth-order valence-corrected chi connectivity index (χ4v) is 1.38. The predicted octanol–water partition coefficient (Wildman–Crippen LogP) is -0.941. The third-order valence-corrected chi connectivity index (χ3v) is 2.07. The summed E-state index contributed by atoms with van der Waals surface area (Å²) in [6.45, 7) is 1.19. The van der Waals surface area contributed by atoms with Crippen LogP contribution in [0.25, 0.3) is 0 Å². The summed E-state index contributed by atoms with van der Waals surface area (Å²) in [5.74, 6) is 0. The van der Waals surface area contributed by atoms with Crippen molar-refractivity contribution >= 4 is 0 Å². The van der Waals surface area contributed by atoms with E-state index in [1.165, 1.54) is 0 Å². The van der Waals surface area contributed by atoms with Crippen molar-refractivity contribution in [2.24, 2.45) is 0 Å². The molecule has 12 heavy (non-hydrogen) atoms. The van der Waals surface area contributed by atoms with Crippen LogP contribution in [-0.2, 0) is 4.74 Å². The van der Waals surface area contributed by atoms with Gasteiger partial charge in [-0.15, -0.1) is 0 Å². The summed E-state index contributed by atoms with van der Waals surface area (Å²) in [6.07, 6.45) is -1.07. The Balaban J connectivity index is 2.41. The van der Waals surface area contributed by atoms with Crippen LogP contribution < -0.4 is 0 Å². The highest BCUT2D eigenvalue weighted by atomic mass is 16.5. The van der Waals surface area contributed by atoms with Crippen LogP contribution in [-0.4, -0.2) is 60.7 Å². The van der Waals surface area contributed by atoms with Crippen molar-refractivity contribution in [2.75, 3.05) is 27.2 Å². The third kappa shape index (κ3) is 2.42. The second kappa shape index (κ2) is 4.18. The van der Waals surface area contributed by atoms with Crippen molar-refractivity contribution in [3.05, 3.63) is 0 Å². The maximum atomic E-state index is 9.48. The van der Waals surface area contributed by atoms with Gasteiger partial charge in [0.25, 0.3) is 0 Å². The molecule has 1 aliphatic heterocycles. The molecular weight excluding hydrogens is 158 g/mol. The van der Waals surface area contributed by atoms with Gasteiger partial charge in [0.05, 0.1) is 12.2 Å². The Kier molecular flexibility index (Phi) is 3.46. The van der Waals surface area contributed by atoms with Gasteiger partial charge < -0.3 is 19.8 Å². The first kappa shape index (κ1) is 9.92. The first-order valence-electron chi connectivity index (χ1n) is 4.23. The Morgan fingerprint density at radius 3 is 2.67 bits per heavy atom. The summed E-state index contributed by atoms with van der Waals surface area (Å²) in [6, 6.07) is 0. The Morgan fingerprint density at radius 2 is 2.08 bits per heavy atom. The first-order chi connectivity index (χ1) is 5.61. The number of likely N-dealkylation sites (N-methyl/N-ethyl adjacent to an activating group) is 1. The van der Waals surface area contributed by atoms with Crippen LogP contribution in [0.3, 0.4) is 0 Å². The van der Waals surface area contributed by atoms with Crippen LogP contribution in [0.1, 0.15) is 6.42 Å². The number of hydrogen-bond acceptors (Lipinski definition) is 4. The van der Waals surface area contributed by atoms with E-state index in [0.29, 0.717) is 19.6 Å². The fourth-order valence-electron chi connectivity index (χ4n) is 1.38. The average molecular weight is 175 g/mol. The summed E-state index contributed by atoms with van der Waals surface area (Å²) in [5.41, 5.74) is 0. The summed E-state index contributed by atoms with van der Waals surface area (Å²) < 4.78 is 5.32. The monoisotopic (exact) mass is 175 g/mol. The lowest BCUT2D eigenvalue weighted by Crippen LogP contribution is -2.48. The molecule has 0 spiro atoms. The van der Waals surface area contributed by atoms with E-state index in [2.05, 4.69) is 0 Å². The van der Waals surface area contributed by atoms with E-state index in [-0.39, 0.29) is 6.10 Å². The second-order valence-electron chi connectivity index (χ2n) is 3.52. The highest BCUT2D eigenvalue weighted by molar-refractivity contribution is 4.81. The van der Waals surface area contributed by atoms with Gasteiger partial charge in [-0.2, -0.15) is 0 Å². The standard InChI is InChI=1S/C8H17NO3/c1-9(2)5-7-8(11)6(10)3-4-12-7/h6-8,10-11H,3-5H2,1-2H3. The second-order valence-corrected chi connectivity index (χ2v) is 3.52. The zero-order chi connectivity index (χ0) is 9.14. The van der Waals surface area contributed by atoms with Crippen molar-refractivity contribution in [3.8, 4) is 0 Å². The number of aliphatic hydroxyl groups excluding tert-OH is 2. The molecule has 0 saturated carbocycles. The number of aliphatic hydroxyl groups is 2. The van der Waals surface area contributed by atoms with Crippen molar-refractivity contribution in [1.82, 2.24) is 4.90 Å². The maximum absolute atomic E-state index is 9.48. The van der Waals surface area contributed by atoms with Crippen molar-refractivity contribution in [3.63, 3.8) is 0 Å². The van der Waals surface area contributed by atoms with E-state index in [4.69, 9.17) is 4.74 Å². The van der Waals surface area contributed by atoms with Crippen molar-refractivity contribution < 1.29 is 14.9 Å². The van der Waals surface area contributed by atoms with E-state index in [1.54, 1.807) is 0 Å². The summed E-state index contributed by atoms with van der Waals surface area (Å²) in [7, 11) is 3.83. The number of ether oxygens (including phenoxy) is 1. The molecule has 72 valence electrons. The molecule has 3 atom stereocenters. The molecular formula is C8H17NO3. The molecule has 0 aliphatic carbocycles. The Labute approximate surface area is 72.7 Å². The normalized spacial score (nSPS) is 37.2. The molecule has 4 nitrogen and oxygen atoms in total. The average Bonchev–Trinajstić information content (AvgIpc) is 1.98. The lowest BCUT2D eigenvalue weighted by atomic mass is 10.0. The molecule has 1 heterocycles. The zero-order valence-electron chi connectivity index (χ0n) is 7.60. The van der Waals surface area contributed by atoms with Gasteiger partial charge in [0.2, 0.25) is 0 Å². The van der Waals surface area contributed by atoms with E-state index in [1.807, 2.05) is 19.0 Å². The molecule has 0 radical (unpaired) electrons. The van der Waals surface area contributed by atoms with Gasteiger partial charge in [-0.05, 0) is 20.5 Å². The molecule has 1 rings (SSSR count). The van der Waals surface area contributed by atoms with E-state index < -0.39 is 12.2 Å². The minimum Gasteiger partial charge on any atom is -0.390 e. The largest absolute Gasteiger partial charge is 0.390 e. The number of hydrogen-bond donors (Lipinski definition) is 2.